The minimum absolute atomic E-state index is 0.174. The lowest BCUT2D eigenvalue weighted by Crippen LogP contribution is -2.56. The highest BCUT2D eigenvalue weighted by molar-refractivity contribution is 5.93. The van der Waals surface area contributed by atoms with Crippen LogP contribution >= 0.6 is 0 Å². The minimum Gasteiger partial charge on any atom is -0.391 e. The molecule has 8 nitrogen and oxygen atoms in total. The molecule has 2 fully saturated rings. The van der Waals surface area contributed by atoms with Gasteiger partial charge in [-0.3, -0.25) is 14.4 Å². The topological polar surface area (TPSA) is 116 Å². The Morgan fingerprint density at radius 2 is 1.70 bits per heavy atom. The van der Waals surface area contributed by atoms with E-state index in [4.69, 9.17) is 5.73 Å². The van der Waals surface area contributed by atoms with Crippen LogP contribution in [0.25, 0.3) is 0 Å². The summed E-state index contributed by atoms with van der Waals surface area (Å²) < 4.78 is 0. The summed E-state index contributed by atoms with van der Waals surface area (Å²) in [5.74, 6) is -0.779. The third kappa shape index (κ3) is 3.48. The Labute approximate surface area is 136 Å². The summed E-state index contributed by atoms with van der Waals surface area (Å²) >= 11 is 0. The lowest BCUT2D eigenvalue weighted by molar-refractivity contribution is -0.147. The molecule has 0 spiro atoms. The highest BCUT2D eigenvalue weighted by Crippen LogP contribution is 2.25. The summed E-state index contributed by atoms with van der Waals surface area (Å²) in [5, 5.41) is 12.1. The van der Waals surface area contributed by atoms with E-state index in [2.05, 4.69) is 5.32 Å². The van der Waals surface area contributed by atoms with Crippen LogP contribution < -0.4 is 11.1 Å². The highest BCUT2D eigenvalue weighted by Gasteiger charge is 2.43. The van der Waals surface area contributed by atoms with E-state index < -0.39 is 30.1 Å². The number of nitrogens with two attached hydrogens (primary N) is 1. The van der Waals surface area contributed by atoms with E-state index >= 15 is 0 Å². The molecule has 0 aromatic rings. The fourth-order valence-electron chi connectivity index (χ4n) is 3.35. The van der Waals surface area contributed by atoms with Gasteiger partial charge in [-0.05, 0) is 32.6 Å². The van der Waals surface area contributed by atoms with Gasteiger partial charge in [0.15, 0.2) is 0 Å². The second-order valence-electron chi connectivity index (χ2n) is 6.26. The summed E-state index contributed by atoms with van der Waals surface area (Å²) in [5.41, 5.74) is 5.72. The molecule has 23 heavy (non-hydrogen) atoms. The molecule has 8 heteroatoms. The fourth-order valence-corrected chi connectivity index (χ4v) is 3.35. The van der Waals surface area contributed by atoms with Crippen molar-refractivity contribution in [2.24, 2.45) is 5.73 Å². The van der Waals surface area contributed by atoms with Crippen molar-refractivity contribution in [3.8, 4) is 0 Å². The van der Waals surface area contributed by atoms with Crippen molar-refractivity contribution in [1.82, 2.24) is 15.1 Å². The summed E-state index contributed by atoms with van der Waals surface area (Å²) in [6.07, 6.45) is 1.72. The van der Waals surface area contributed by atoms with Crippen molar-refractivity contribution in [2.45, 2.75) is 56.8 Å². The van der Waals surface area contributed by atoms with Gasteiger partial charge in [-0.15, -0.1) is 0 Å². The van der Waals surface area contributed by atoms with Gasteiger partial charge < -0.3 is 26.0 Å². The van der Waals surface area contributed by atoms with Crippen LogP contribution in [0.2, 0.25) is 0 Å². The number of likely N-dealkylation sites (N-methyl/N-ethyl adjacent to an activating group) is 1. The number of carbonyl (C=O) groups is 3. The van der Waals surface area contributed by atoms with Crippen molar-refractivity contribution in [1.29, 1.82) is 0 Å². The second kappa shape index (κ2) is 7.27. The largest absolute Gasteiger partial charge is 0.391 e. The van der Waals surface area contributed by atoms with Crippen LogP contribution in [0.1, 0.15) is 32.6 Å². The Morgan fingerprint density at radius 1 is 1.13 bits per heavy atom. The number of hydrogen-bond donors (Lipinski definition) is 3. The maximum Gasteiger partial charge on any atom is 0.246 e. The molecule has 0 bridgehead atoms. The molecule has 4 atom stereocenters. The van der Waals surface area contributed by atoms with Crippen LogP contribution in [0.5, 0.6) is 0 Å². The molecule has 2 aliphatic rings. The number of nitrogens with zero attached hydrogens (tertiary/aromatic N) is 2. The zero-order valence-electron chi connectivity index (χ0n) is 13.7. The van der Waals surface area contributed by atoms with Crippen LogP contribution in [-0.4, -0.2) is 77.0 Å². The van der Waals surface area contributed by atoms with Crippen LogP contribution in [0.3, 0.4) is 0 Å². The minimum atomic E-state index is -1.03. The molecule has 0 aromatic carbocycles. The average molecular weight is 326 g/mol. The van der Waals surface area contributed by atoms with E-state index in [0.717, 1.165) is 6.42 Å². The Balaban J connectivity index is 2.11. The molecule has 0 aromatic heterocycles. The maximum absolute atomic E-state index is 12.8. The molecule has 0 aliphatic carbocycles. The molecule has 2 saturated heterocycles. The van der Waals surface area contributed by atoms with Crippen LogP contribution in [-0.2, 0) is 14.4 Å². The van der Waals surface area contributed by atoms with E-state index in [1.165, 1.54) is 11.8 Å². The predicted molar refractivity (Wildman–Crippen MR) is 83.2 cm³/mol. The summed E-state index contributed by atoms with van der Waals surface area (Å²) in [7, 11) is 1.55. The normalized spacial score (nSPS) is 27.0. The first kappa shape index (κ1) is 17.7. The van der Waals surface area contributed by atoms with Gasteiger partial charge in [0.1, 0.15) is 18.1 Å². The lowest BCUT2D eigenvalue weighted by Gasteiger charge is -2.32. The number of hydrogen-bond acceptors (Lipinski definition) is 5. The van der Waals surface area contributed by atoms with Gasteiger partial charge >= 0.3 is 0 Å². The zero-order chi connectivity index (χ0) is 17.1. The smallest absolute Gasteiger partial charge is 0.246 e. The summed E-state index contributed by atoms with van der Waals surface area (Å²) in [6.45, 7) is 2.43. The molecule has 0 unspecified atom stereocenters. The number of amides is 3. The number of nitrogens with one attached hydrogen (secondary N) is 1. The molecule has 0 saturated carbocycles. The average Bonchev–Trinajstić information content (AvgIpc) is 3.20. The van der Waals surface area contributed by atoms with Crippen molar-refractivity contribution < 1.29 is 19.5 Å². The molecule has 3 amide bonds. The molecule has 2 heterocycles. The van der Waals surface area contributed by atoms with Gasteiger partial charge in [-0.1, -0.05) is 0 Å². The van der Waals surface area contributed by atoms with Gasteiger partial charge in [0.25, 0.3) is 0 Å². The first-order valence-electron chi connectivity index (χ1n) is 8.14. The second-order valence-corrected chi connectivity index (χ2v) is 6.26. The zero-order valence-corrected chi connectivity index (χ0v) is 13.7. The van der Waals surface area contributed by atoms with Gasteiger partial charge in [-0.25, -0.2) is 0 Å². The lowest BCUT2D eigenvalue weighted by atomic mass is 10.1. The summed E-state index contributed by atoms with van der Waals surface area (Å²) in [4.78, 5) is 40.2. The Kier molecular flexibility index (Phi) is 5.59. The molecular formula is C15H26N4O4. The number of rotatable bonds is 4. The first-order chi connectivity index (χ1) is 10.9. The monoisotopic (exact) mass is 326 g/mol. The number of aliphatic hydroxyl groups excluding tert-OH is 1. The summed E-state index contributed by atoms with van der Waals surface area (Å²) in [6, 6.07) is -2.08. The van der Waals surface area contributed by atoms with Gasteiger partial charge in [0, 0.05) is 20.1 Å². The van der Waals surface area contributed by atoms with Crippen LogP contribution in [0.15, 0.2) is 0 Å². The fraction of sp³-hybridized carbons (Fsp3) is 0.800. The third-order valence-electron chi connectivity index (χ3n) is 4.71. The molecule has 2 aliphatic heterocycles. The van der Waals surface area contributed by atoms with Gasteiger partial charge in [0.2, 0.25) is 17.7 Å². The van der Waals surface area contributed by atoms with Gasteiger partial charge in [0.05, 0.1) is 6.10 Å². The number of aliphatic hydroxyl groups is 1. The van der Waals surface area contributed by atoms with Gasteiger partial charge in [-0.2, -0.15) is 0 Å². The Hall–Kier alpha value is -1.67. The van der Waals surface area contributed by atoms with Crippen molar-refractivity contribution >= 4 is 17.7 Å². The van der Waals surface area contributed by atoms with Crippen LogP contribution in [0.4, 0.5) is 0 Å². The van der Waals surface area contributed by atoms with E-state index in [1.807, 2.05) is 0 Å². The highest BCUT2D eigenvalue weighted by atomic mass is 16.3. The van der Waals surface area contributed by atoms with E-state index in [9.17, 15) is 19.5 Å². The molecule has 0 radical (unpaired) electrons. The standard InChI is InChI=1S/C15H26N4O4/c1-9(20)12(16)15(23)19-8-4-6-11(19)14(22)18-7-3-5-10(18)13(21)17-2/h9-12,20H,3-8,16H2,1-2H3,(H,17,21)/t9-,10+,11+,12+/m1/s1. The molecule has 2 rings (SSSR count). The van der Waals surface area contributed by atoms with Crippen LogP contribution in [0, 0.1) is 0 Å². The molecule has 4 N–H and O–H groups in total. The maximum atomic E-state index is 12.8. The quantitative estimate of drug-likeness (QED) is 0.577. The van der Waals surface area contributed by atoms with Crippen molar-refractivity contribution in [2.75, 3.05) is 20.1 Å². The van der Waals surface area contributed by atoms with Crippen molar-refractivity contribution in [3.05, 3.63) is 0 Å². The first-order valence-corrected chi connectivity index (χ1v) is 8.14. The Morgan fingerprint density at radius 3 is 2.26 bits per heavy atom. The van der Waals surface area contributed by atoms with E-state index in [1.54, 1.807) is 11.9 Å². The number of carbonyl (C=O) groups excluding carboxylic acids is 3. The SMILES string of the molecule is CNC(=O)[C@@H]1CCCN1C(=O)[C@@H]1CCCN1C(=O)[C@@H](N)[C@@H](C)O. The predicted octanol–water partition coefficient (Wildman–Crippen LogP) is -1.58. The molecular weight excluding hydrogens is 300 g/mol. The number of likely N-dealkylation sites (tertiary alicyclic amines) is 2. The third-order valence-corrected chi connectivity index (χ3v) is 4.71. The Bertz CT molecular complexity index is 482. The van der Waals surface area contributed by atoms with E-state index in [-0.39, 0.29) is 11.8 Å². The van der Waals surface area contributed by atoms with Crippen molar-refractivity contribution in [3.63, 3.8) is 0 Å². The molecule has 130 valence electrons. The van der Waals surface area contributed by atoms with E-state index in [0.29, 0.717) is 32.4 Å².